The molecule has 1 heterocycles. The van der Waals surface area contributed by atoms with E-state index in [0.29, 0.717) is 11.4 Å². The molecule has 4 heteroatoms. The summed E-state index contributed by atoms with van der Waals surface area (Å²) in [6.45, 7) is 5.69. The minimum absolute atomic E-state index is 0.00396. The first-order valence-corrected chi connectivity index (χ1v) is 5.15. The molecule has 16 heavy (non-hydrogen) atoms. The van der Waals surface area contributed by atoms with E-state index >= 15 is 0 Å². The summed E-state index contributed by atoms with van der Waals surface area (Å²) < 4.78 is 0. The third-order valence-corrected chi connectivity index (χ3v) is 2.75. The Morgan fingerprint density at radius 3 is 2.62 bits per heavy atom. The average Bonchev–Trinajstić information content (AvgIpc) is 2.28. The molecule has 0 aliphatic carbocycles. The van der Waals surface area contributed by atoms with Gasteiger partial charge in [-0.2, -0.15) is 5.26 Å². The highest BCUT2D eigenvalue weighted by molar-refractivity contribution is 5.55. The van der Waals surface area contributed by atoms with E-state index in [1.54, 1.807) is 6.07 Å². The second-order valence-electron chi connectivity index (χ2n) is 4.47. The summed E-state index contributed by atoms with van der Waals surface area (Å²) in [7, 11) is 1.83. The Bertz CT molecular complexity index is 421. The maximum atomic E-state index is 9.31. The van der Waals surface area contributed by atoms with Gasteiger partial charge in [0.05, 0.1) is 17.7 Å². The number of nitriles is 1. The molecule has 0 spiro atoms. The molecule has 0 unspecified atom stereocenters. The van der Waals surface area contributed by atoms with E-state index in [1.165, 1.54) is 0 Å². The molecule has 0 saturated heterocycles. The maximum absolute atomic E-state index is 9.31. The molecule has 1 aromatic heterocycles. The minimum Gasteiger partial charge on any atom is -0.394 e. The Morgan fingerprint density at radius 1 is 1.50 bits per heavy atom. The first-order valence-electron chi connectivity index (χ1n) is 5.15. The molecule has 0 radical (unpaired) electrons. The normalized spacial score (nSPS) is 11.0. The molecular weight excluding hydrogens is 202 g/mol. The van der Waals surface area contributed by atoms with Crippen LogP contribution in [0.15, 0.2) is 12.1 Å². The van der Waals surface area contributed by atoms with Gasteiger partial charge in [-0.1, -0.05) is 0 Å². The fraction of sp³-hybridized carbons (Fsp3) is 0.500. The van der Waals surface area contributed by atoms with E-state index < -0.39 is 5.54 Å². The topological polar surface area (TPSA) is 60.2 Å². The monoisotopic (exact) mass is 219 g/mol. The summed E-state index contributed by atoms with van der Waals surface area (Å²) in [5.74, 6) is 0.613. The van der Waals surface area contributed by atoms with Gasteiger partial charge in [0, 0.05) is 12.7 Å². The molecule has 0 amide bonds. The van der Waals surface area contributed by atoms with Crippen molar-refractivity contribution in [2.75, 3.05) is 18.6 Å². The van der Waals surface area contributed by atoms with Crippen LogP contribution in [0.1, 0.15) is 25.1 Å². The van der Waals surface area contributed by atoms with Gasteiger partial charge in [-0.05, 0) is 32.9 Å². The second-order valence-corrected chi connectivity index (χ2v) is 4.47. The number of likely N-dealkylation sites (N-methyl/N-ethyl adjacent to an activating group) is 1. The number of aromatic nitrogens is 1. The Morgan fingerprint density at radius 2 is 2.12 bits per heavy atom. The third-order valence-electron chi connectivity index (χ3n) is 2.75. The summed E-state index contributed by atoms with van der Waals surface area (Å²) >= 11 is 0. The van der Waals surface area contributed by atoms with Gasteiger partial charge >= 0.3 is 0 Å². The fourth-order valence-electron chi connectivity index (χ4n) is 1.28. The van der Waals surface area contributed by atoms with E-state index in [-0.39, 0.29) is 6.61 Å². The van der Waals surface area contributed by atoms with E-state index in [4.69, 9.17) is 5.26 Å². The fourth-order valence-corrected chi connectivity index (χ4v) is 1.28. The van der Waals surface area contributed by atoms with Crippen LogP contribution in [0.5, 0.6) is 0 Å². The lowest BCUT2D eigenvalue weighted by Crippen LogP contribution is -2.45. The van der Waals surface area contributed by atoms with Gasteiger partial charge in [0.25, 0.3) is 0 Å². The average molecular weight is 219 g/mol. The predicted molar refractivity (Wildman–Crippen MR) is 63.3 cm³/mol. The summed E-state index contributed by atoms with van der Waals surface area (Å²) in [5.41, 5.74) is 0.941. The highest BCUT2D eigenvalue weighted by Gasteiger charge is 2.25. The number of nitrogens with zero attached hydrogens (tertiary/aromatic N) is 3. The number of aliphatic hydroxyl groups is 1. The standard InChI is InChI=1S/C12H17N3O/c1-9-5-6-10(7-13)11(14-9)15(4)12(2,3)8-16/h5-6,16H,8H2,1-4H3. The van der Waals surface area contributed by atoms with Crippen molar-refractivity contribution in [3.8, 4) is 6.07 Å². The summed E-state index contributed by atoms with van der Waals surface area (Å²) in [5, 5.41) is 18.3. The molecule has 86 valence electrons. The van der Waals surface area contributed by atoms with Crippen molar-refractivity contribution in [1.82, 2.24) is 4.98 Å². The van der Waals surface area contributed by atoms with Crippen LogP contribution in [0.4, 0.5) is 5.82 Å². The van der Waals surface area contributed by atoms with E-state index in [1.807, 2.05) is 38.8 Å². The number of pyridine rings is 1. The van der Waals surface area contributed by atoms with Crippen molar-refractivity contribution in [1.29, 1.82) is 5.26 Å². The van der Waals surface area contributed by atoms with Crippen LogP contribution < -0.4 is 4.90 Å². The molecule has 1 N–H and O–H groups in total. The lowest BCUT2D eigenvalue weighted by Gasteiger charge is -2.35. The first kappa shape index (κ1) is 12.5. The third kappa shape index (κ3) is 2.31. The highest BCUT2D eigenvalue weighted by Crippen LogP contribution is 2.23. The lowest BCUT2D eigenvalue weighted by molar-refractivity contribution is 0.215. The Labute approximate surface area is 96.2 Å². The number of rotatable bonds is 3. The number of aliphatic hydroxyl groups excluding tert-OH is 1. The molecule has 1 aromatic rings. The molecule has 1 rings (SSSR count). The van der Waals surface area contributed by atoms with E-state index in [2.05, 4.69) is 11.1 Å². The van der Waals surface area contributed by atoms with Crippen LogP contribution in [0.3, 0.4) is 0 Å². The van der Waals surface area contributed by atoms with Crippen LogP contribution in [0, 0.1) is 18.3 Å². The van der Waals surface area contributed by atoms with Gasteiger partial charge in [-0.15, -0.1) is 0 Å². The van der Waals surface area contributed by atoms with Gasteiger partial charge in [0.15, 0.2) is 0 Å². The summed E-state index contributed by atoms with van der Waals surface area (Å²) in [4.78, 5) is 6.18. The SMILES string of the molecule is Cc1ccc(C#N)c(N(C)C(C)(C)CO)n1. The van der Waals surface area contributed by atoms with E-state index in [0.717, 1.165) is 5.69 Å². The van der Waals surface area contributed by atoms with Gasteiger partial charge in [-0.3, -0.25) is 0 Å². The molecule has 0 aromatic carbocycles. The Hall–Kier alpha value is -1.60. The summed E-state index contributed by atoms with van der Waals surface area (Å²) in [6, 6.07) is 5.67. The summed E-state index contributed by atoms with van der Waals surface area (Å²) in [6.07, 6.45) is 0. The maximum Gasteiger partial charge on any atom is 0.147 e. The molecule has 0 fully saturated rings. The van der Waals surface area contributed by atoms with Crippen molar-refractivity contribution in [2.45, 2.75) is 26.3 Å². The van der Waals surface area contributed by atoms with Crippen LogP contribution in [0.2, 0.25) is 0 Å². The molecule has 0 aliphatic rings. The Balaban J connectivity index is 3.22. The van der Waals surface area contributed by atoms with Crippen molar-refractivity contribution in [2.24, 2.45) is 0 Å². The first-order chi connectivity index (χ1) is 7.42. The zero-order valence-corrected chi connectivity index (χ0v) is 10.2. The van der Waals surface area contributed by atoms with Crippen LogP contribution in [0.25, 0.3) is 0 Å². The quantitative estimate of drug-likeness (QED) is 0.836. The van der Waals surface area contributed by atoms with Gasteiger partial charge in [0.2, 0.25) is 0 Å². The number of anilines is 1. The molecule has 4 nitrogen and oxygen atoms in total. The van der Waals surface area contributed by atoms with Gasteiger partial charge in [0.1, 0.15) is 11.9 Å². The molecule has 0 saturated carbocycles. The molecule has 0 aliphatic heterocycles. The zero-order chi connectivity index (χ0) is 12.3. The predicted octanol–water partition coefficient (Wildman–Crippen LogP) is 1.47. The van der Waals surface area contributed by atoms with Crippen LogP contribution in [-0.2, 0) is 0 Å². The van der Waals surface area contributed by atoms with Crippen LogP contribution in [-0.4, -0.2) is 29.3 Å². The van der Waals surface area contributed by atoms with Crippen molar-refractivity contribution < 1.29 is 5.11 Å². The highest BCUT2D eigenvalue weighted by atomic mass is 16.3. The van der Waals surface area contributed by atoms with Crippen molar-refractivity contribution in [3.05, 3.63) is 23.4 Å². The van der Waals surface area contributed by atoms with E-state index in [9.17, 15) is 5.11 Å². The minimum atomic E-state index is -0.438. The second kappa shape index (κ2) is 4.50. The molecular formula is C12H17N3O. The zero-order valence-electron chi connectivity index (χ0n) is 10.2. The molecule has 0 atom stereocenters. The smallest absolute Gasteiger partial charge is 0.147 e. The number of hydrogen-bond acceptors (Lipinski definition) is 4. The van der Waals surface area contributed by atoms with Crippen molar-refractivity contribution >= 4 is 5.82 Å². The van der Waals surface area contributed by atoms with Gasteiger partial charge < -0.3 is 10.0 Å². The largest absolute Gasteiger partial charge is 0.394 e. The number of aryl methyl sites for hydroxylation is 1. The lowest BCUT2D eigenvalue weighted by atomic mass is 10.0. The Kier molecular flexibility index (Phi) is 3.51. The van der Waals surface area contributed by atoms with Crippen LogP contribution >= 0.6 is 0 Å². The van der Waals surface area contributed by atoms with Crippen molar-refractivity contribution in [3.63, 3.8) is 0 Å². The molecule has 0 bridgehead atoms. The van der Waals surface area contributed by atoms with Gasteiger partial charge in [-0.25, -0.2) is 4.98 Å². The number of hydrogen-bond donors (Lipinski definition) is 1.